The number of rotatable bonds is 4. The fourth-order valence-electron chi connectivity index (χ4n) is 2.50. The first-order chi connectivity index (χ1) is 12.6. The molecule has 2 rings (SSSR count). The molecule has 1 heterocycles. The van der Waals surface area contributed by atoms with Crippen LogP contribution in [0.5, 0.6) is 5.75 Å². The Labute approximate surface area is 159 Å². The number of benzene rings is 1. The van der Waals surface area contributed by atoms with E-state index in [-0.39, 0.29) is 23.1 Å². The standard InChI is InChI=1S/C19H25FN4O3/c1-19(2,3)27-18(25)24-7-6-14(11-24)26-17-8-13(10-21)16(9-15(17)20)22-12-23(4)5/h8-9,12,14H,6-7,11H2,1-5H3/t14-/m0/s1. The second kappa shape index (κ2) is 8.25. The molecule has 0 saturated carbocycles. The highest BCUT2D eigenvalue weighted by atomic mass is 19.1. The summed E-state index contributed by atoms with van der Waals surface area (Å²) >= 11 is 0. The molecule has 0 N–H and O–H groups in total. The van der Waals surface area contributed by atoms with Crippen LogP contribution in [0.15, 0.2) is 17.1 Å². The van der Waals surface area contributed by atoms with Crippen molar-refractivity contribution in [2.45, 2.75) is 38.9 Å². The second-order valence-electron chi connectivity index (χ2n) is 7.57. The summed E-state index contributed by atoms with van der Waals surface area (Å²) in [6, 6.07) is 4.52. The van der Waals surface area contributed by atoms with Crippen LogP contribution >= 0.6 is 0 Å². The summed E-state index contributed by atoms with van der Waals surface area (Å²) in [5.41, 5.74) is -0.128. The number of nitrogens with zero attached hydrogens (tertiary/aromatic N) is 4. The van der Waals surface area contributed by atoms with E-state index >= 15 is 0 Å². The van der Waals surface area contributed by atoms with Crippen molar-refractivity contribution in [1.82, 2.24) is 9.80 Å². The maximum atomic E-state index is 14.4. The number of carbonyl (C=O) groups excluding carboxylic acids is 1. The third-order valence-corrected chi connectivity index (χ3v) is 3.69. The Morgan fingerprint density at radius 3 is 2.74 bits per heavy atom. The summed E-state index contributed by atoms with van der Waals surface area (Å²) in [5, 5.41) is 9.30. The van der Waals surface area contributed by atoms with Crippen LogP contribution in [0.1, 0.15) is 32.8 Å². The molecule has 0 radical (unpaired) electrons. The van der Waals surface area contributed by atoms with Gasteiger partial charge in [-0.2, -0.15) is 5.26 Å². The van der Waals surface area contributed by atoms with Crippen molar-refractivity contribution < 1.29 is 18.7 Å². The average molecular weight is 376 g/mol. The SMILES string of the molecule is CN(C)C=Nc1cc(F)c(O[C@H]2CCN(C(=O)OC(C)(C)C)C2)cc1C#N. The minimum atomic E-state index is -0.601. The summed E-state index contributed by atoms with van der Waals surface area (Å²) < 4.78 is 25.4. The predicted octanol–water partition coefficient (Wildman–Crippen LogP) is 3.31. The zero-order valence-corrected chi connectivity index (χ0v) is 16.3. The molecule has 1 aliphatic heterocycles. The van der Waals surface area contributed by atoms with Crippen LogP contribution < -0.4 is 4.74 Å². The van der Waals surface area contributed by atoms with E-state index in [9.17, 15) is 14.4 Å². The number of aliphatic imine (C=N–C) groups is 1. The molecule has 0 bridgehead atoms. The Bertz CT molecular complexity index is 765. The van der Waals surface area contributed by atoms with Crippen molar-refractivity contribution in [1.29, 1.82) is 5.26 Å². The van der Waals surface area contributed by atoms with Crippen molar-refractivity contribution in [3.63, 3.8) is 0 Å². The molecule has 0 aliphatic carbocycles. The monoisotopic (exact) mass is 376 g/mol. The number of carbonyl (C=O) groups is 1. The number of ether oxygens (including phenoxy) is 2. The lowest BCUT2D eigenvalue weighted by molar-refractivity contribution is 0.0275. The van der Waals surface area contributed by atoms with Gasteiger partial charge in [-0.05, 0) is 20.8 Å². The first-order valence-electron chi connectivity index (χ1n) is 8.68. The lowest BCUT2D eigenvalue weighted by Crippen LogP contribution is -2.36. The minimum Gasteiger partial charge on any atom is -0.485 e. The van der Waals surface area contributed by atoms with Crippen molar-refractivity contribution in [2.75, 3.05) is 27.2 Å². The zero-order valence-electron chi connectivity index (χ0n) is 16.3. The van der Waals surface area contributed by atoms with E-state index in [2.05, 4.69) is 4.99 Å². The topological polar surface area (TPSA) is 78.2 Å². The molecule has 146 valence electrons. The Morgan fingerprint density at radius 2 is 2.15 bits per heavy atom. The Balaban J connectivity index is 2.08. The van der Waals surface area contributed by atoms with E-state index in [1.54, 1.807) is 39.8 Å². The Hall–Kier alpha value is -2.82. The molecule has 1 atom stereocenters. The highest BCUT2D eigenvalue weighted by molar-refractivity contribution is 5.68. The van der Waals surface area contributed by atoms with Gasteiger partial charge in [-0.15, -0.1) is 0 Å². The van der Waals surface area contributed by atoms with E-state index in [1.807, 2.05) is 6.07 Å². The van der Waals surface area contributed by atoms with Crippen LogP contribution in [0.3, 0.4) is 0 Å². The highest BCUT2D eigenvalue weighted by Crippen LogP contribution is 2.29. The van der Waals surface area contributed by atoms with Crippen molar-refractivity contribution in [3.05, 3.63) is 23.5 Å². The normalized spacial score (nSPS) is 17.1. The molecule has 0 unspecified atom stereocenters. The Kier molecular flexibility index (Phi) is 6.26. The van der Waals surface area contributed by atoms with Gasteiger partial charge in [-0.1, -0.05) is 0 Å². The fraction of sp³-hybridized carbons (Fsp3) is 0.526. The van der Waals surface area contributed by atoms with Crippen LogP contribution in [0.4, 0.5) is 14.9 Å². The molecule has 1 fully saturated rings. The van der Waals surface area contributed by atoms with Gasteiger partial charge in [-0.25, -0.2) is 14.2 Å². The molecule has 0 aromatic heterocycles. The number of amides is 1. The van der Waals surface area contributed by atoms with Crippen molar-refractivity contribution in [3.8, 4) is 11.8 Å². The number of nitriles is 1. The molecule has 7 nitrogen and oxygen atoms in total. The first kappa shape index (κ1) is 20.5. The summed E-state index contributed by atoms with van der Waals surface area (Å²) in [5.74, 6) is -0.623. The molecular weight excluding hydrogens is 351 g/mol. The van der Waals surface area contributed by atoms with Gasteiger partial charge in [-0.3, -0.25) is 0 Å². The molecule has 0 spiro atoms. The van der Waals surface area contributed by atoms with Crippen molar-refractivity contribution >= 4 is 18.1 Å². The van der Waals surface area contributed by atoms with E-state index < -0.39 is 17.5 Å². The molecule has 1 amide bonds. The largest absolute Gasteiger partial charge is 0.485 e. The third kappa shape index (κ3) is 5.84. The molecule has 1 aliphatic rings. The van der Waals surface area contributed by atoms with Crippen molar-refractivity contribution in [2.24, 2.45) is 4.99 Å². The van der Waals surface area contributed by atoms with E-state index in [0.717, 1.165) is 0 Å². The smallest absolute Gasteiger partial charge is 0.410 e. The van der Waals surface area contributed by atoms with Gasteiger partial charge in [0, 0.05) is 39.2 Å². The van der Waals surface area contributed by atoms with Gasteiger partial charge < -0.3 is 19.3 Å². The molecule has 1 aromatic rings. The molecule has 1 saturated heterocycles. The van der Waals surface area contributed by atoms with Crippen LogP contribution in [-0.4, -0.2) is 61.1 Å². The third-order valence-electron chi connectivity index (χ3n) is 3.69. The second-order valence-corrected chi connectivity index (χ2v) is 7.57. The lowest BCUT2D eigenvalue weighted by Gasteiger charge is -2.24. The maximum absolute atomic E-state index is 14.4. The van der Waals surface area contributed by atoms with Gasteiger partial charge in [0.25, 0.3) is 0 Å². The number of likely N-dealkylation sites (tertiary alicyclic amines) is 1. The first-order valence-corrected chi connectivity index (χ1v) is 8.68. The van der Waals surface area contributed by atoms with Gasteiger partial charge >= 0.3 is 6.09 Å². The van der Waals surface area contributed by atoms with Crippen LogP contribution in [0, 0.1) is 17.1 Å². The quantitative estimate of drug-likeness (QED) is 0.595. The van der Waals surface area contributed by atoms with E-state index in [4.69, 9.17) is 9.47 Å². The summed E-state index contributed by atoms with van der Waals surface area (Å²) in [4.78, 5) is 19.4. The Morgan fingerprint density at radius 1 is 1.44 bits per heavy atom. The van der Waals surface area contributed by atoms with E-state index in [0.29, 0.717) is 19.5 Å². The van der Waals surface area contributed by atoms with Crippen LogP contribution in [0.2, 0.25) is 0 Å². The summed E-state index contributed by atoms with van der Waals surface area (Å²) in [6.07, 6.45) is 1.27. The summed E-state index contributed by atoms with van der Waals surface area (Å²) in [6.45, 7) is 6.17. The van der Waals surface area contributed by atoms with Gasteiger partial charge in [0.2, 0.25) is 0 Å². The molecule has 1 aromatic carbocycles. The minimum absolute atomic E-state index is 0.0219. The van der Waals surface area contributed by atoms with Crippen LogP contribution in [0.25, 0.3) is 0 Å². The average Bonchev–Trinajstić information content (AvgIpc) is 3.02. The maximum Gasteiger partial charge on any atom is 0.410 e. The van der Waals surface area contributed by atoms with Gasteiger partial charge in [0.15, 0.2) is 11.6 Å². The number of hydrogen-bond acceptors (Lipinski definition) is 5. The van der Waals surface area contributed by atoms with E-state index in [1.165, 1.54) is 23.4 Å². The zero-order chi connectivity index (χ0) is 20.2. The molecule has 8 heteroatoms. The van der Waals surface area contributed by atoms with Crippen LogP contribution in [-0.2, 0) is 4.74 Å². The summed E-state index contributed by atoms with van der Waals surface area (Å²) in [7, 11) is 3.56. The lowest BCUT2D eigenvalue weighted by atomic mass is 10.1. The number of halogens is 1. The highest BCUT2D eigenvalue weighted by Gasteiger charge is 2.31. The van der Waals surface area contributed by atoms with Gasteiger partial charge in [0.05, 0.1) is 24.1 Å². The molecular formula is C19H25FN4O3. The van der Waals surface area contributed by atoms with Gasteiger partial charge in [0.1, 0.15) is 17.8 Å². The molecule has 27 heavy (non-hydrogen) atoms. The number of hydrogen-bond donors (Lipinski definition) is 0. The predicted molar refractivity (Wildman–Crippen MR) is 99.8 cm³/mol. The fourth-order valence-corrected chi connectivity index (χ4v) is 2.50.